The fraction of sp³-hybridized carbons (Fsp3) is 0. The molecule has 0 aromatic heterocycles. The Morgan fingerprint density at radius 3 is 2.00 bits per heavy atom. The van der Waals surface area contributed by atoms with Gasteiger partial charge in [-0.3, -0.25) is 0 Å². The van der Waals surface area contributed by atoms with Gasteiger partial charge in [-0.05, 0) is 0 Å². The number of hydrogen-bond acceptors (Lipinski definition) is 3. The number of carbonyl (C=O) groups excluding carboxylic acids is 1. The molecule has 0 rings (SSSR count). The standard InChI is InChI=1S/CH2ClN2O3S/c2-8(6,7)4-1(3)5/h3H,(H,4,5). The molecule has 7 heteroatoms. The van der Waals surface area contributed by atoms with Gasteiger partial charge in [0.1, 0.15) is 0 Å². The second-order valence-corrected chi connectivity index (χ2v) is 3.17. The van der Waals surface area contributed by atoms with Crippen LogP contribution in [0.15, 0.2) is 0 Å². The summed E-state index contributed by atoms with van der Waals surface area (Å²) in [7, 11) is 0.410. The minimum Gasteiger partial charge on any atom is -0.247 e. The second kappa shape index (κ2) is 2.19. The van der Waals surface area contributed by atoms with Gasteiger partial charge in [0, 0.05) is 10.7 Å². The van der Waals surface area contributed by atoms with Crippen LogP contribution in [0.1, 0.15) is 0 Å². The average molecular weight is 158 g/mol. The fourth-order valence-electron chi connectivity index (χ4n) is 0.111. The lowest BCUT2D eigenvalue weighted by molar-refractivity contribution is 0.252. The van der Waals surface area contributed by atoms with E-state index in [1.165, 1.54) is 0 Å². The molecule has 2 amide bonds. The van der Waals surface area contributed by atoms with E-state index >= 15 is 0 Å². The molecule has 0 saturated heterocycles. The van der Waals surface area contributed by atoms with E-state index in [0.717, 1.165) is 4.72 Å². The van der Waals surface area contributed by atoms with Crippen LogP contribution in [0.3, 0.4) is 0 Å². The van der Waals surface area contributed by atoms with Crippen molar-refractivity contribution in [2.75, 3.05) is 0 Å². The third-order valence-electron chi connectivity index (χ3n) is 0.215. The summed E-state index contributed by atoms with van der Waals surface area (Å²) < 4.78 is 20.7. The minimum absolute atomic E-state index is 1.15. The van der Waals surface area contributed by atoms with Crippen molar-refractivity contribution < 1.29 is 13.2 Å². The number of amides is 2. The van der Waals surface area contributed by atoms with Crippen LogP contribution >= 0.6 is 10.7 Å². The van der Waals surface area contributed by atoms with Gasteiger partial charge in [-0.2, -0.15) is 8.42 Å². The molecule has 0 atom stereocenters. The quantitative estimate of drug-likeness (QED) is 0.519. The van der Waals surface area contributed by atoms with Crippen molar-refractivity contribution in [2.45, 2.75) is 0 Å². The van der Waals surface area contributed by atoms with E-state index in [4.69, 9.17) is 5.73 Å². The van der Waals surface area contributed by atoms with E-state index in [9.17, 15) is 13.2 Å². The molecule has 0 aliphatic rings. The van der Waals surface area contributed by atoms with Crippen LogP contribution in [-0.4, -0.2) is 14.4 Å². The predicted molar refractivity (Wildman–Crippen MR) is 26.4 cm³/mol. The van der Waals surface area contributed by atoms with Crippen molar-refractivity contribution in [2.24, 2.45) is 0 Å². The molecule has 47 valence electrons. The van der Waals surface area contributed by atoms with E-state index in [-0.39, 0.29) is 0 Å². The molecule has 0 bridgehead atoms. The Morgan fingerprint density at radius 2 is 2.00 bits per heavy atom. The summed E-state index contributed by atoms with van der Waals surface area (Å²) in [4.78, 5) is 9.55. The highest BCUT2D eigenvalue weighted by Gasteiger charge is 2.04. The van der Waals surface area contributed by atoms with Crippen LogP contribution in [0, 0.1) is 0 Å². The molecule has 0 saturated carbocycles. The van der Waals surface area contributed by atoms with Gasteiger partial charge in [0.05, 0.1) is 0 Å². The van der Waals surface area contributed by atoms with E-state index in [1.54, 1.807) is 0 Å². The van der Waals surface area contributed by atoms with Crippen molar-refractivity contribution in [3.63, 3.8) is 0 Å². The number of halogens is 1. The summed E-state index contributed by atoms with van der Waals surface area (Å²) in [5.74, 6) is 0. The molecular weight excluding hydrogens is 156 g/mol. The van der Waals surface area contributed by atoms with Crippen LogP contribution in [-0.2, 0) is 9.24 Å². The van der Waals surface area contributed by atoms with Gasteiger partial charge in [-0.25, -0.2) is 15.3 Å². The molecule has 0 spiro atoms. The first-order valence-electron chi connectivity index (χ1n) is 1.40. The van der Waals surface area contributed by atoms with Gasteiger partial charge in [0.2, 0.25) is 0 Å². The summed E-state index contributed by atoms with van der Waals surface area (Å²) in [6.07, 6.45) is 0. The van der Waals surface area contributed by atoms with E-state index in [2.05, 4.69) is 10.7 Å². The Morgan fingerprint density at radius 1 is 1.62 bits per heavy atom. The zero-order chi connectivity index (χ0) is 6.78. The minimum atomic E-state index is -4.04. The molecule has 1 radical (unpaired) electrons. The SMILES string of the molecule is [NH]C(=O)NS(=O)(=O)Cl. The number of carbonyl (C=O) groups is 1. The Kier molecular flexibility index (Phi) is 2.05. The monoisotopic (exact) mass is 157 g/mol. The molecule has 0 fully saturated rings. The molecule has 2 N–H and O–H groups in total. The van der Waals surface area contributed by atoms with E-state index in [1.807, 2.05) is 0 Å². The van der Waals surface area contributed by atoms with Crippen molar-refractivity contribution in [3.8, 4) is 0 Å². The topological polar surface area (TPSA) is 87.0 Å². The summed E-state index contributed by atoms with van der Waals surface area (Å²) in [5, 5.41) is 0. The van der Waals surface area contributed by atoms with E-state index in [0.29, 0.717) is 0 Å². The Hall–Kier alpha value is -0.490. The van der Waals surface area contributed by atoms with Gasteiger partial charge in [-0.15, -0.1) is 0 Å². The normalized spacial score (nSPS) is 10.6. The van der Waals surface area contributed by atoms with Crippen LogP contribution in [0.4, 0.5) is 4.79 Å². The number of hydrogen-bond donors (Lipinski definition) is 1. The lowest BCUT2D eigenvalue weighted by atomic mass is 11.2. The summed E-state index contributed by atoms with van der Waals surface area (Å²) in [6.45, 7) is 0. The molecule has 0 aliphatic carbocycles. The number of rotatable bonds is 1. The van der Waals surface area contributed by atoms with Crippen LogP contribution in [0.2, 0.25) is 0 Å². The zero-order valence-corrected chi connectivity index (χ0v) is 5.08. The molecule has 0 aromatic carbocycles. The predicted octanol–water partition coefficient (Wildman–Crippen LogP) is -0.537. The highest BCUT2D eigenvalue weighted by atomic mass is 35.7. The lowest BCUT2D eigenvalue weighted by Crippen LogP contribution is -2.25. The van der Waals surface area contributed by atoms with Gasteiger partial charge < -0.3 is 0 Å². The zero-order valence-electron chi connectivity index (χ0n) is 3.51. The maximum absolute atomic E-state index is 9.76. The smallest absolute Gasteiger partial charge is 0.247 e. The Balaban J connectivity index is 3.95. The van der Waals surface area contributed by atoms with E-state index < -0.39 is 15.3 Å². The fourth-order valence-corrected chi connectivity index (χ4v) is 0.542. The van der Waals surface area contributed by atoms with Crippen molar-refractivity contribution in [1.29, 1.82) is 0 Å². The second-order valence-electron chi connectivity index (χ2n) is 0.869. The molecule has 0 aromatic rings. The summed E-state index contributed by atoms with van der Waals surface area (Å²) in [6, 6.07) is -1.44. The van der Waals surface area contributed by atoms with Gasteiger partial charge in [-0.1, -0.05) is 0 Å². The maximum atomic E-state index is 9.76. The van der Waals surface area contributed by atoms with Gasteiger partial charge in [0.25, 0.3) is 0 Å². The van der Waals surface area contributed by atoms with Crippen molar-refractivity contribution >= 4 is 26.0 Å². The summed E-state index contributed by atoms with van der Waals surface area (Å²) >= 11 is 0. The molecule has 0 heterocycles. The van der Waals surface area contributed by atoms with Crippen LogP contribution in [0.5, 0.6) is 0 Å². The summed E-state index contributed by atoms with van der Waals surface area (Å²) in [5.41, 5.74) is 6.02. The lowest BCUT2D eigenvalue weighted by Gasteiger charge is -1.88. The molecule has 8 heavy (non-hydrogen) atoms. The Labute approximate surface area is 50.4 Å². The largest absolute Gasteiger partial charge is 0.348 e. The van der Waals surface area contributed by atoms with Crippen LogP contribution in [0.25, 0.3) is 0 Å². The maximum Gasteiger partial charge on any atom is 0.348 e. The van der Waals surface area contributed by atoms with Crippen LogP contribution < -0.4 is 10.5 Å². The molecule has 0 aliphatic heterocycles. The number of urea groups is 1. The first-order chi connectivity index (χ1) is 3.42. The highest BCUT2D eigenvalue weighted by molar-refractivity contribution is 8.12. The molecule has 0 unspecified atom stereocenters. The third-order valence-corrected chi connectivity index (χ3v) is 0.875. The Bertz CT molecular complexity index is 183. The van der Waals surface area contributed by atoms with Crippen molar-refractivity contribution in [3.05, 3.63) is 0 Å². The number of nitrogens with one attached hydrogen (secondary N) is 2. The first kappa shape index (κ1) is 7.51. The average Bonchev–Trinajstić information content (AvgIpc) is 1.21. The van der Waals surface area contributed by atoms with Crippen molar-refractivity contribution in [1.82, 2.24) is 10.5 Å². The molecule has 5 nitrogen and oxygen atoms in total. The van der Waals surface area contributed by atoms with Gasteiger partial charge in [0.15, 0.2) is 0 Å². The molecular formula is CH2ClN2O3S. The third kappa shape index (κ3) is 5.51. The van der Waals surface area contributed by atoms with Gasteiger partial charge >= 0.3 is 15.3 Å². The highest BCUT2D eigenvalue weighted by Crippen LogP contribution is 1.86. The first-order valence-corrected chi connectivity index (χ1v) is 3.71.